The van der Waals surface area contributed by atoms with Gasteiger partial charge in [0.05, 0.1) is 22.0 Å². The number of tetrazole rings is 1. The molecule has 204 valence electrons. The molecular weight excluding hydrogens is 578 g/mol. The Morgan fingerprint density at radius 2 is 1.85 bits per heavy atom. The smallest absolute Gasteiger partial charge is 0.350 e. The van der Waals surface area contributed by atoms with E-state index in [1.807, 2.05) is 0 Å². The van der Waals surface area contributed by atoms with Crippen LogP contribution < -0.4 is 10.6 Å². The Hall–Kier alpha value is -3.55. The Labute approximate surface area is 234 Å². The lowest BCUT2D eigenvalue weighted by atomic mass is 10.1. The largest absolute Gasteiger partial charge is 0.455 e. The van der Waals surface area contributed by atoms with E-state index in [0.717, 1.165) is 16.1 Å². The first-order chi connectivity index (χ1) is 18.3. The molecule has 0 atom stereocenters. The van der Waals surface area contributed by atoms with E-state index in [2.05, 4.69) is 31.0 Å². The summed E-state index contributed by atoms with van der Waals surface area (Å²) in [5.41, 5.74) is 1.59. The van der Waals surface area contributed by atoms with Crippen LogP contribution in [-0.4, -0.2) is 43.0 Å². The van der Waals surface area contributed by atoms with E-state index in [9.17, 15) is 22.8 Å². The van der Waals surface area contributed by atoms with Crippen molar-refractivity contribution in [3.63, 3.8) is 0 Å². The normalized spacial score (nSPS) is 11.6. The number of amides is 2. The molecule has 9 nitrogen and oxygen atoms in total. The zero-order chi connectivity index (χ0) is 28.5. The number of thiazole rings is 1. The van der Waals surface area contributed by atoms with E-state index in [4.69, 9.17) is 23.2 Å². The molecule has 0 radical (unpaired) electrons. The van der Waals surface area contributed by atoms with Crippen LogP contribution >= 0.6 is 34.5 Å². The maximum Gasteiger partial charge on any atom is 0.455 e. The number of rotatable bonds is 7. The van der Waals surface area contributed by atoms with Crippen LogP contribution in [0.3, 0.4) is 0 Å². The maximum absolute atomic E-state index is 13.6. The minimum atomic E-state index is -4.76. The topological polar surface area (TPSA) is 115 Å². The number of nitrogens with one attached hydrogen (secondary N) is 2. The van der Waals surface area contributed by atoms with Gasteiger partial charge in [0.15, 0.2) is 0 Å². The van der Waals surface area contributed by atoms with Crippen LogP contribution in [0.4, 0.5) is 18.9 Å². The summed E-state index contributed by atoms with van der Waals surface area (Å²) in [5.74, 6) is -2.44. The fourth-order valence-corrected chi connectivity index (χ4v) is 5.01. The molecule has 4 rings (SSSR count). The zero-order valence-corrected chi connectivity index (χ0v) is 22.9. The van der Waals surface area contributed by atoms with Crippen LogP contribution in [-0.2, 0) is 12.7 Å². The highest BCUT2D eigenvalue weighted by Gasteiger charge is 2.37. The first kappa shape index (κ1) is 28.5. The summed E-state index contributed by atoms with van der Waals surface area (Å²) in [4.78, 5) is 31.8. The van der Waals surface area contributed by atoms with Crippen LogP contribution in [0.15, 0.2) is 36.4 Å². The van der Waals surface area contributed by atoms with E-state index in [1.165, 1.54) is 6.07 Å². The lowest BCUT2D eigenvalue weighted by molar-refractivity contribution is -0.145. The second-order valence-electron chi connectivity index (χ2n) is 8.63. The van der Waals surface area contributed by atoms with Gasteiger partial charge in [-0.1, -0.05) is 41.4 Å². The molecule has 0 aliphatic carbocycles. The van der Waals surface area contributed by atoms with Crippen molar-refractivity contribution in [3.05, 3.63) is 73.3 Å². The molecular formula is C24H20Cl2F3N7O2S. The first-order valence-corrected chi connectivity index (χ1v) is 12.9. The van der Waals surface area contributed by atoms with E-state index in [0.29, 0.717) is 21.2 Å². The van der Waals surface area contributed by atoms with Crippen LogP contribution in [0.5, 0.6) is 0 Å². The molecule has 0 saturated carbocycles. The summed E-state index contributed by atoms with van der Waals surface area (Å²) in [7, 11) is 0. The number of nitrogens with zero attached hydrogens (tertiary/aromatic N) is 5. The molecule has 2 heterocycles. The highest BCUT2D eigenvalue weighted by atomic mass is 35.5. The van der Waals surface area contributed by atoms with Gasteiger partial charge in [-0.2, -0.15) is 18.0 Å². The molecule has 15 heteroatoms. The van der Waals surface area contributed by atoms with Gasteiger partial charge in [-0.3, -0.25) is 9.59 Å². The summed E-state index contributed by atoms with van der Waals surface area (Å²) >= 11 is 13.5. The van der Waals surface area contributed by atoms with Gasteiger partial charge in [0.25, 0.3) is 17.6 Å². The second kappa shape index (κ2) is 11.3. The summed E-state index contributed by atoms with van der Waals surface area (Å²) in [6, 6.07) is 9.56. The van der Waals surface area contributed by atoms with Crippen molar-refractivity contribution in [2.75, 3.05) is 5.32 Å². The van der Waals surface area contributed by atoms with Gasteiger partial charge < -0.3 is 10.6 Å². The number of carbonyl (C=O) groups is 2. The van der Waals surface area contributed by atoms with E-state index in [-0.39, 0.29) is 39.4 Å². The molecule has 2 amide bonds. The fraction of sp³-hybridized carbons (Fsp3) is 0.250. The van der Waals surface area contributed by atoms with E-state index in [1.54, 1.807) is 51.1 Å². The highest BCUT2D eigenvalue weighted by molar-refractivity contribution is 7.14. The van der Waals surface area contributed by atoms with Gasteiger partial charge in [-0.05, 0) is 49.7 Å². The van der Waals surface area contributed by atoms with Crippen LogP contribution in [0.25, 0.3) is 11.3 Å². The van der Waals surface area contributed by atoms with Crippen molar-refractivity contribution in [1.82, 2.24) is 30.5 Å². The summed E-state index contributed by atoms with van der Waals surface area (Å²) in [6.45, 7) is 5.00. The molecule has 0 fully saturated rings. The zero-order valence-electron chi connectivity index (χ0n) is 20.6. The Morgan fingerprint density at radius 3 is 2.49 bits per heavy atom. The van der Waals surface area contributed by atoms with Gasteiger partial charge in [0.2, 0.25) is 0 Å². The number of hydrogen-bond donors (Lipinski definition) is 2. The number of benzene rings is 2. The molecule has 0 unspecified atom stereocenters. The Balaban J connectivity index is 1.74. The van der Waals surface area contributed by atoms with Crippen molar-refractivity contribution in [1.29, 1.82) is 0 Å². The maximum atomic E-state index is 13.6. The number of halogens is 5. The molecule has 39 heavy (non-hydrogen) atoms. The fourth-order valence-electron chi connectivity index (χ4n) is 3.56. The third-order valence-corrected chi connectivity index (χ3v) is 6.78. The molecule has 4 aromatic rings. The number of alkyl halides is 3. The highest BCUT2D eigenvalue weighted by Crippen LogP contribution is 2.35. The third-order valence-electron chi connectivity index (χ3n) is 5.19. The van der Waals surface area contributed by atoms with Crippen LogP contribution in [0.2, 0.25) is 10.0 Å². The molecule has 0 aliphatic heterocycles. The average molecular weight is 598 g/mol. The first-order valence-electron chi connectivity index (χ1n) is 11.4. The van der Waals surface area contributed by atoms with Gasteiger partial charge in [0, 0.05) is 16.6 Å². The molecule has 2 aromatic heterocycles. The molecule has 2 aromatic carbocycles. The molecule has 0 spiro atoms. The SMILES string of the molecule is Cc1cc(Cl)cc(C(=O)NC(C)C)c1NC(=O)c1sc(Cn2nnc(C(F)(F)F)n2)nc1-c1ccccc1Cl. The van der Waals surface area contributed by atoms with Gasteiger partial charge >= 0.3 is 6.18 Å². The van der Waals surface area contributed by atoms with Crippen molar-refractivity contribution in [3.8, 4) is 11.3 Å². The summed E-state index contributed by atoms with van der Waals surface area (Å²) < 4.78 is 38.7. The molecule has 0 bridgehead atoms. The predicted octanol–water partition coefficient (Wildman–Crippen LogP) is 5.87. The van der Waals surface area contributed by atoms with Crippen LogP contribution in [0.1, 0.15) is 50.3 Å². The van der Waals surface area contributed by atoms with E-state index < -0.39 is 23.8 Å². The Kier molecular flexibility index (Phi) is 8.23. The van der Waals surface area contributed by atoms with Gasteiger partial charge in [-0.25, -0.2) is 4.98 Å². The van der Waals surface area contributed by atoms with Gasteiger partial charge in [-0.15, -0.1) is 21.5 Å². The molecule has 0 saturated heterocycles. The number of aryl methyl sites for hydroxylation is 1. The van der Waals surface area contributed by atoms with Crippen molar-refractivity contribution in [2.24, 2.45) is 0 Å². The summed E-state index contributed by atoms with van der Waals surface area (Å²) in [5, 5.41) is 16.2. The number of anilines is 1. The van der Waals surface area contributed by atoms with Crippen molar-refractivity contribution >= 4 is 52.0 Å². The average Bonchev–Trinajstić information content (AvgIpc) is 3.48. The molecule has 0 aliphatic rings. The minimum absolute atomic E-state index is 0.110. The number of aromatic nitrogens is 5. The quantitative estimate of drug-likeness (QED) is 0.275. The third kappa shape index (κ3) is 6.54. The standard InChI is InChI=1S/C24H20Cl2F3N7O2S/c1-11(2)30-21(37)15-9-13(25)8-12(3)18(15)32-22(38)20-19(14-6-4-5-7-16(14)26)31-17(39-20)10-36-34-23(33-35-36)24(27,28)29/h4-9,11H,10H2,1-3H3,(H,30,37)(H,32,38). The summed E-state index contributed by atoms with van der Waals surface area (Å²) in [6.07, 6.45) is -4.76. The lowest BCUT2D eigenvalue weighted by Gasteiger charge is -2.16. The van der Waals surface area contributed by atoms with Gasteiger partial charge in [0.1, 0.15) is 16.4 Å². The Morgan fingerprint density at radius 1 is 1.13 bits per heavy atom. The van der Waals surface area contributed by atoms with Crippen LogP contribution in [0, 0.1) is 6.92 Å². The Bertz CT molecular complexity index is 1550. The van der Waals surface area contributed by atoms with Crippen molar-refractivity contribution in [2.45, 2.75) is 39.5 Å². The predicted molar refractivity (Wildman–Crippen MR) is 141 cm³/mol. The number of carbonyl (C=O) groups excluding carboxylic acids is 2. The van der Waals surface area contributed by atoms with E-state index >= 15 is 0 Å². The van der Waals surface area contributed by atoms with Crippen molar-refractivity contribution < 1.29 is 22.8 Å². The number of hydrogen-bond acceptors (Lipinski definition) is 7. The second-order valence-corrected chi connectivity index (χ2v) is 10.6. The minimum Gasteiger partial charge on any atom is -0.350 e. The lowest BCUT2D eigenvalue weighted by Crippen LogP contribution is -2.31. The monoisotopic (exact) mass is 597 g/mol. The molecule has 2 N–H and O–H groups in total.